The van der Waals surface area contributed by atoms with Crippen molar-refractivity contribution >= 4 is 18.3 Å². The molecule has 1 saturated heterocycles. The molecular formula is C18H24ClFN4O2. The number of nitrogens with one attached hydrogen (secondary N) is 1. The molecule has 26 heavy (non-hydrogen) atoms. The lowest BCUT2D eigenvalue weighted by molar-refractivity contribution is -0.132. The van der Waals surface area contributed by atoms with Crippen LogP contribution in [0.2, 0.25) is 0 Å². The summed E-state index contributed by atoms with van der Waals surface area (Å²) in [5.74, 6) is 0.683. The van der Waals surface area contributed by atoms with Crippen molar-refractivity contribution in [3.8, 4) is 11.4 Å². The minimum Gasteiger partial charge on any atom is -0.341 e. The fourth-order valence-corrected chi connectivity index (χ4v) is 3.07. The van der Waals surface area contributed by atoms with Crippen molar-refractivity contribution in [3.05, 3.63) is 35.5 Å². The molecule has 0 bridgehead atoms. The smallest absolute Gasteiger partial charge is 0.227 e. The summed E-state index contributed by atoms with van der Waals surface area (Å²) in [5, 5.41) is 7.16. The lowest BCUT2D eigenvalue weighted by Gasteiger charge is -2.32. The van der Waals surface area contributed by atoms with Gasteiger partial charge in [-0.2, -0.15) is 4.98 Å². The first-order valence-electron chi connectivity index (χ1n) is 8.61. The first-order chi connectivity index (χ1) is 12.1. The molecule has 0 spiro atoms. The molecule has 1 aliphatic heterocycles. The maximum atomic E-state index is 13.3. The molecule has 3 rings (SSSR count). The molecule has 2 heterocycles. The lowest BCUT2D eigenvalue weighted by Crippen LogP contribution is -2.47. The van der Waals surface area contributed by atoms with Gasteiger partial charge in [-0.05, 0) is 50.6 Å². The third kappa shape index (κ3) is 4.80. The summed E-state index contributed by atoms with van der Waals surface area (Å²) in [6.45, 7) is 3.25. The summed E-state index contributed by atoms with van der Waals surface area (Å²) >= 11 is 0. The monoisotopic (exact) mass is 382 g/mol. The van der Waals surface area contributed by atoms with E-state index in [9.17, 15) is 9.18 Å². The Kier molecular flexibility index (Phi) is 7.11. The molecule has 1 fully saturated rings. The molecule has 1 aliphatic rings. The molecule has 8 heteroatoms. The third-order valence-corrected chi connectivity index (χ3v) is 4.62. The number of benzene rings is 1. The Labute approximate surface area is 158 Å². The summed E-state index contributed by atoms with van der Waals surface area (Å²) < 4.78 is 18.6. The molecule has 1 amide bonds. The van der Waals surface area contributed by atoms with Crippen molar-refractivity contribution < 1.29 is 13.7 Å². The average Bonchev–Trinajstić information content (AvgIpc) is 3.11. The fourth-order valence-electron chi connectivity index (χ4n) is 3.07. The highest BCUT2D eigenvalue weighted by Crippen LogP contribution is 2.19. The second-order valence-electron chi connectivity index (χ2n) is 6.44. The number of aryl methyl sites for hydroxylation is 2. The van der Waals surface area contributed by atoms with Crippen LogP contribution in [0.25, 0.3) is 11.4 Å². The Balaban J connectivity index is 0.00000243. The van der Waals surface area contributed by atoms with E-state index in [-0.39, 0.29) is 24.1 Å². The number of rotatable bonds is 5. The number of aromatic nitrogens is 2. The second-order valence-corrected chi connectivity index (χ2v) is 6.44. The van der Waals surface area contributed by atoms with Crippen LogP contribution in [-0.2, 0) is 11.2 Å². The Bertz CT molecular complexity index is 753. The maximum Gasteiger partial charge on any atom is 0.227 e. The summed E-state index contributed by atoms with van der Waals surface area (Å²) in [5.41, 5.74) is 1.23. The van der Waals surface area contributed by atoms with Gasteiger partial charge in [-0.1, -0.05) is 5.16 Å². The van der Waals surface area contributed by atoms with Crippen LogP contribution >= 0.6 is 12.4 Å². The van der Waals surface area contributed by atoms with Crippen LogP contribution in [0.4, 0.5) is 4.39 Å². The van der Waals surface area contributed by atoms with E-state index in [2.05, 4.69) is 15.5 Å². The van der Waals surface area contributed by atoms with Gasteiger partial charge in [0, 0.05) is 37.5 Å². The van der Waals surface area contributed by atoms with Gasteiger partial charge in [0.1, 0.15) is 5.82 Å². The first-order valence-corrected chi connectivity index (χ1v) is 8.61. The van der Waals surface area contributed by atoms with E-state index in [4.69, 9.17) is 4.52 Å². The zero-order valence-corrected chi connectivity index (χ0v) is 15.8. The molecule has 0 radical (unpaired) electrons. The Morgan fingerprint density at radius 3 is 3.00 bits per heavy atom. The minimum absolute atomic E-state index is 0. The van der Waals surface area contributed by atoms with E-state index in [0.717, 1.165) is 25.9 Å². The van der Waals surface area contributed by atoms with Crippen LogP contribution in [-0.4, -0.2) is 47.1 Å². The normalized spacial score (nSPS) is 17.0. The molecule has 1 unspecified atom stereocenters. The number of likely N-dealkylation sites (N-methyl/N-ethyl adjacent to an activating group) is 1. The summed E-state index contributed by atoms with van der Waals surface area (Å²) in [6, 6.07) is 5.06. The number of amides is 1. The Hall–Kier alpha value is -1.99. The predicted molar refractivity (Wildman–Crippen MR) is 98.7 cm³/mol. The highest BCUT2D eigenvalue weighted by molar-refractivity contribution is 5.85. The molecule has 0 aliphatic carbocycles. The van der Waals surface area contributed by atoms with Gasteiger partial charge < -0.3 is 14.7 Å². The molecule has 1 atom stereocenters. The van der Waals surface area contributed by atoms with Gasteiger partial charge in [0.05, 0.1) is 0 Å². The van der Waals surface area contributed by atoms with Crippen molar-refractivity contribution in [1.29, 1.82) is 0 Å². The Morgan fingerprint density at radius 1 is 1.46 bits per heavy atom. The minimum atomic E-state index is -0.264. The van der Waals surface area contributed by atoms with Crippen LogP contribution in [0, 0.1) is 12.7 Å². The van der Waals surface area contributed by atoms with Crippen molar-refractivity contribution in [2.75, 3.05) is 20.1 Å². The topological polar surface area (TPSA) is 71.3 Å². The number of carbonyl (C=O) groups is 1. The van der Waals surface area contributed by atoms with Gasteiger partial charge in [0.15, 0.2) is 0 Å². The van der Waals surface area contributed by atoms with Crippen LogP contribution in [0.5, 0.6) is 0 Å². The van der Waals surface area contributed by atoms with E-state index in [1.165, 1.54) is 6.07 Å². The number of nitrogens with zero attached hydrogens (tertiary/aromatic N) is 3. The highest BCUT2D eigenvalue weighted by atomic mass is 35.5. The van der Waals surface area contributed by atoms with Gasteiger partial charge in [0.2, 0.25) is 17.6 Å². The van der Waals surface area contributed by atoms with E-state index in [0.29, 0.717) is 41.7 Å². The zero-order chi connectivity index (χ0) is 17.8. The average molecular weight is 383 g/mol. The molecule has 6 nitrogen and oxygen atoms in total. The van der Waals surface area contributed by atoms with E-state index in [1.807, 2.05) is 11.9 Å². The number of piperidine rings is 1. The van der Waals surface area contributed by atoms with Gasteiger partial charge in [-0.25, -0.2) is 4.39 Å². The first kappa shape index (κ1) is 20.3. The number of carbonyl (C=O) groups excluding carboxylic acids is 1. The number of likely N-dealkylation sites (tertiary alicyclic amines) is 1. The summed E-state index contributed by atoms with van der Waals surface area (Å²) in [7, 11) is 1.93. The zero-order valence-electron chi connectivity index (χ0n) is 15.0. The summed E-state index contributed by atoms with van der Waals surface area (Å²) in [4.78, 5) is 18.6. The molecule has 1 aromatic heterocycles. The fraction of sp³-hybridized carbons (Fsp3) is 0.500. The van der Waals surface area contributed by atoms with Gasteiger partial charge in [0.25, 0.3) is 0 Å². The van der Waals surface area contributed by atoms with Gasteiger partial charge in [-0.3, -0.25) is 4.79 Å². The molecule has 1 aromatic carbocycles. The third-order valence-electron chi connectivity index (χ3n) is 4.62. The molecule has 2 aromatic rings. The SMILES string of the molecule is CNC1CCCN(C(=O)CCc2nc(-c3ccc(F)c(C)c3)no2)C1.Cl. The van der Waals surface area contributed by atoms with E-state index >= 15 is 0 Å². The van der Waals surface area contributed by atoms with Crippen LogP contribution < -0.4 is 5.32 Å². The van der Waals surface area contributed by atoms with E-state index in [1.54, 1.807) is 19.1 Å². The molecule has 142 valence electrons. The van der Waals surface area contributed by atoms with Gasteiger partial charge >= 0.3 is 0 Å². The maximum absolute atomic E-state index is 13.3. The number of halogens is 2. The van der Waals surface area contributed by atoms with Crippen LogP contribution in [0.15, 0.2) is 22.7 Å². The highest BCUT2D eigenvalue weighted by Gasteiger charge is 2.22. The molecule has 0 saturated carbocycles. The standard InChI is InChI=1S/C18H23FN4O2.ClH/c1-12-10-13(5-6-15(12)19)18-21-16(25-22-18)7-8-17(24)23-9-3-4-14(11-23)20-2;/h5-6,10,14,20H,3-4,7-9,11H2,1-2H3;1H. The predicted octanol–water partition coefficient (Wildman–Crippen LogP) is 2.75. The van der Waals surface area contributed by atoms with Gasteiger partial charge in [-0.15, -0.1) is 12.4 Å². The largest absolute Gasteiger partial charge is 0.341 e. The number of hydrogen-bond acceptors (Lipinski definition) is 5. The van der Waals surface area contributed by atoms with Crippen molar-refractivity contribution in [1.82, 2.24) is 20.4 Å². The summed E-state index contributed by atoms with van der Waals surface area (Å²) in [6.07, 6.45) is 2.88. The van der Waals surface area contributed by atoms with Crippen molar-refractivity contribution in [2.45, 2.75) is 38.6 Å². The quantitative estimate of drug-likeness (QED) is 0.860. The van der Waals surface area contributed by atoms with Crippen molar-refractivity contribution in [2.24, 2.45) is 0 Å². The van der Waals surface area contributed by atoms with Crippen LogP contribution in [0.3, 0.4) is 0 Å². The number of hydrogen-bond donors (Lipinski definition) is 1. The van der Waals surface area contributed by atoms with E-state index < -0.39 is 0 Å². The van der Waals surface area contributed by atoms with Crippen LogP contribution in [0.1, 0.15) is 30.7 Å². The molecule has 1 N–H and O–H groups in total. The molecular weight excluding hydrogens is 359 g/mol. The lowest BCUT2D eigenvalue weighted by atomic mass is 10.1. The van der Waals surface area contributed by atoms with Crippen molar-refractivity contribution in [3.63, 3.8) is 0 Å². The Morgan fingerprint density at radius 2 is 2.27 bits per heavy atom. The second kappa shape index (κ2) is 9.09.